The van der Waals surface area contributed by atoms with E-state index in [1.807, 2.05) is 33.0 Å². The SMILES string of the molecule is Cc1ccn(-c2nnc(Cl)c(C)c2C)n1. The Labute approximate surface area is 92.9 Å². The summed E-state index contributed by atoms with van der Waals surface area (Å²) in [6, 6.07) is 1.92. The van der Waals surface area contributed by atoms with Crippen LogP contribution in [0.1, 0.15) is 16.8 Å². The quantitative estimate of drug-likeness (QED) is 0.743. The van der Waals surface area contributed by atoms with Crippen LogP contribution in [0.4, 0.5) is 0 Å². The molecule has 78 valence electrons. The summed E-state index contributed by atoms with van der Waals surface area (Å²) < 4.78 is 1.71. The van der Waals surface area contributed by atoms with Crippen molar-refractivity contribution in [2.45, 2.75) is 20.8 Å². The lowest BCUT2D eigenvalue weighted by Gasteiger charge is -2.07. The van der Waals surface area contributed by atoms with Crippen LogP contribution in [0.2, 0.25) is 5.15 Å². The molecular weight excluding hydrogens is 212 g/mol. The second-order valence-corrected chi connectivity index (χ2v) is 3.82. The van der Waals surface area contributed by atoms with Gasteiger partial charge in [0.25, 0.3) is 0 Å². The van der Waals surface area contributed by atoms with E-state index in [-0.39, 0.29) is 0 Å². The van der Waals surface area contributed by atoms with Crippen LogP contribution in [0.25, 0.3) is 5.82 Å². The van der Waals surface area contributed by atoms with E-state index < -0.39 is 0 Å². The zero-order chi connectivity index (χ0) is 11.0. The van der Waals surface area contributed by atoms with E-state index in [9.17, 15) is 0 Å². The van der Waals surface area contributed by atoms with Gasteiger partial charge in [-0.1, -0.05) is 11.6 Å². The molecule has 0 saturated heterocycles. The highest BCUT2D eigenvalue weighted by Gasteiger charge is 2.10. The average molecular weight is 223 g/mol. The summed E-state index contributed by atoms with van der Waals surface area (Å²) in [6.07, 6.45) is 1.86. The van der Waals surface area contributed by atoms with E-state index in [4.69, 9.17) is 11.6 Å². The van der Waals surface area contributed by atoms with E-state index in [0.717, 1.165) is 22.6 Å². The molecule has 4 nitrogen and oxygen atoms in total. The molecule has 0 spiro atoms. The van der Waals surface area contributed by atoms with E-state index in [0.29, 0.717) is 5.15 Å². The normalized spacial score (nSPS) is 10.7. The first-order valence-corrected chi connectivity index (χ1v) is 4.99. The third-order valence-electron chi connectivity index (χ3n) is 2.38. The Hall–Kier alpha value is -1.42. The van der Waals surface area contributed by atoms with Crippen LogP contribution < -0.4 is 0 Å². The molecule has 0 atom stereocenters. The molecule has 15 heavy (non-hydrogen) atoms. The van der Waals surface area contributed by atoms with Crippen molar-refractivity contribution in [3.8, 4) is 5.82 Å². The van der Waals surface area contributed by atoms with Gasteiger partial charge in [-0.3, -0.25) is 0 Å². The molecule has 2 heterocycles. The molecule has 0 aliphatic carbocycles. The van der Waals surface area contributed by atoms with Crippen molar-refractivity contribution >= 4 is 11.6 Å². The minimum Gasteiger partial charge on any atom is -0.220 e. The molecule has 0 aliphatic heterocycles. The Morgan fingerprint density at radius 3 is 2.47 bits per heavy atom. The molecule has 0 aromatic carbocycles. The second-order valence-electron chi connectivity index (χ2n) is 3.47. The maximum Gasteiger partial charge on any atom is 0.178 e. The van der Waals surface area contributed by atoms with Crippen LogP contribution in [0.5, 0.6) is 0 Å². The van der Waals surface area contributed by atoms with Gasteiger partial charge in [0.2, 0.25) is 0 Å². The summed E-state index contributed by atoms with van der Waals surface area (Å²) in [5.74, 6) is 0.727. The summed E-state index contributed by atoms with van der Waals surface area (Å²) >= 11 is 5.88. The molecule has 0 unspecified atom stereocenters. The minimum absolute atomic E-state index is 0.445. The number of halogens is 1. The highest BCUT2D eigenvalue weighted by molar-refractivity contribution is 6.30. The number of hydrogen-bond donors (Lipinski definition) is 0. The number of rotatable bonds is 1. The molecule has 0 saturated carbocycles. The largest absolute Gasteiger partial charge is 0.220 e. The van der Waals surface area contributed by atoms with Crippen molar-refractivity contribution in [2.24, 2.45) is 0 Å². The third-order valence-corrected chi connectivity index (χ3v) is 2.74. The van der Waals surface area contributed by atoms with Crippen LogP contribution >= 0.6 is 11.6 Å². The smallest absolute Gasteiger partial charge is 0.178 e. The Bertz CT molecular complexity index is 504. The molecule has 0 amide bonds. The predicted molar refractivity (Wildman–Crippen MR) is 58.4 cm³/mol. The summed E-state index contributed by atoms with van der Waals surface area (Å²) in [5, 5.41) is 12.6. The van der Waals surface area contributed by atoms with Gasteiger partial charge in [0.15, 0.2) is 11.0 Å². The lowest BCUT2D eigenvalue weighted by Crippen LogP contribution is -2.05. The molecular formula is C10H11ClN4. The van der Waals surface area contributed by atoms with Gasteiger partial charge in [0.05, 0.1) is 5.69 Å². The first-order chi connectivity index (χ1) is 7.09. The number of aromatic nitrogens is 4. The van der Waals surface area contributed by atoms with Gasteiger partial charge in [0, 0.05) is 11.8 Å². The van der Waals surface area contributed by atoms with Crippen molar-refractivity contribution in [1.82, 2.24) is 20.0 Å². The molecule has 2 aromatic heterocycles. The molecule has 0 fully saturated rings. The van der Waals surface area contributed by atoms with Gasteiger partial charge < -0.3 is 0 Å². The maximum absolute atomic E-state index is 5.88. The standard InChI is InChI=1S/C10H11ClN4/c1-6-4-5-15(14-6)10-8(3)7(2)9(11)12-13-10/h4-5H,1-3H3. The Morgan fingerprint density at radius 1 is 1.13 bits per heavy atom. The van der Waals surface area contributed by atoms with E-state index in [2.05, 4.69) is 15.3 Å². The highest BCUT2D eigenvalue weighted by Crippen LogP contribution is 2.19. The topological polar surface area (TPSA) is 43.6 Å². The van der Waals surface area contributed by atoms with Crippen molar-refractivity contribution in [1.29, 1.82) is 0 Å². The third kappa shape index (κ3) is 1.72. The van der Waals surface area contributed by atoms with Crippen LogP contribution in [-0.2, 0) is 0 Å². The maximum atomic E-state index is 5.88. The molecule has 5 heteroatoms. The summed E-state index contributed by atoms with van der Waals surface area (Å²) in [6.45, 7) is 5.82. The zero-order valence-electron chi connectivity index (χ0n) is 8.82. The molecule has 0 radical (unpaired) electrons. The van der Waals surface area contributed by atoms with Crippen LogP contribution in [0.15, 0.2) is 12.3 Å². The molecule has 0 N–H and O–H groups in total. The lowest BCUT2D eigenvalue weighted by atomic mass is 10.2. The summed E-state index contributed by atoms with van der Waals surface area (Å²) in [7, 11) is 0. The fourth-order valence-corrected chi connectivity index (χ4v) is 1.49. The van der Waals surface area contributed by atoms with Gasteiger partial charge in [-0.15, -0.1) is 10.2 Å². The van der Waals surface area contributed by atoms with Gasteiger partial charge >= 0.3 is 0 Å². The van der Waals surface area contributed by atoms with Gasteiger partial charge in [0.1, 0.15) is 0 Å². The van der Waals surface area contributed by atoms with Crippen LogP contribution in [0.3, 0.4) is 0 Å². The lowest BCUT2D eigenvalue weighted by molar-refractivity contribution is 0.790. The monoisotopic (exact) mass is 222 g/mol. The van der Waals surface area contributed by atoms with E-state index in [1.54, 1.807) is 4.68 Å². The zero-order valence-corrected chi connectivity index (χ0v) is 9.58. The van der Waals surface area contributed by atoms with Gasteiger partial charge in [-0.2, -0.15) is 5.10 Å². The van der Waals surface area contributed by atoms with Crippen molar-refractivity contribution in [3.63, 3.8) is 0 Å². The number of hydrogen-bond acceptors (Lipinski definition) is 3. The van der Waals surface area contributed by atoms with Crippen molar-refractivity contribution < 1.29 is 0 Å². The molecule has 2 aromatic rings. The first-order valence-electron chi connectivity index (χ1n) is 4.61. The van der Waals surface area contributed by atoms with Gasteiger partial charge in [-0.05, 0) is 32.4 Å². The summed E-state index contributed by atoms with van der Waals surface area (Å²) in [5.41, 5.74) is 2.89. The second kappa shape index (κ2) is 3.62. The van der Waals surface area contributed by atoms with E-state index in [1.165, 1.54) is 0 Å². The van der Waals surface area contributed by atoms with Crippen LogP contribution in [-0.4, -0.2) is 20.0 Å². The summed E-state index contributed by atoms with van der Waals surface area (Å²) in [4.78, 5) is 0. The van der Waals surface area contributed by atoms with Crippen molar-refractivity contribution in [2.75, 3.05) is 0 Å². The number of aryl methyl sites for hydroxylation is 1. The van der Waals surface area contributed by atoms with E-state index >= 15 is 0 Å². The Balaban J connectivity index is 2.59. The minimum atomic E-state index is 0.445. The fourth-order valence-electron chi connectivity index (χ4n) is 1.31. The number of nitrogens with zero attached hydrogens (tertiary/aromatic N) is 4. The highest BCUT2D eigenvalue weighted by atomic mass is 35.5. The fraction of sp³-hybridized carbons (Fsp3) is 0.300. The Kier molecular flexibility index (Phi) is 2.44. The van der Waals surface area contributed by atoms with Gasteiger partial charge in [-0.25, -0.2) is 4.68 Å². The predicted octanol–water partition coefficient (Wildman–Crippen LogP) is 2.24. The average Bonchev–Trinajstić information content (AvgIpc) is 2.61. The molecule has 0 bridgehead atoms. The van der Waals surface area contributed by atoms with Crippen LogP contribution in [0, 0.1) is 20.8 Å². The Morgan fingerprint density at radius 2 is 1.87 bits per heavy atom. The molecule has 0 aliphatic rings. The first kappa shape index (κ1) is 10.1. The van der Waals surface area contributed by atoms with Crippen molar-refractivity contribution in [3.05, 3.63) is 34.2 Å². The molecule has 2 rings (SSSR count).